The van der Waals surface area contributed by atoms with E-state index in [4.69, 9.17) is 11.6 Å². The van der Waals surface area contributed by atoms with Gasteiger partial charge in [-0.3, -0.25) is 4.79 Å². The summed E-state index contributed by atoms with van der Waals surface area (Å²) in [4.78, 5) is 22.1. The topological polar surface area (TPSA) is 36.4 Å². The predicted molar refractivity (Wildman–Crippen MR) is 93.5 cm³/mol. The van der Waals surface area contributed by atoms with Crippen molar-refractivity contribution >= 4 is 45.7 Å². The van der Waals surface area contributed by atoms with Gasteiger partial charge in [0.1, 0.15) is 0 Å². The van der Waals surface area contributed by atoms with Gasteiger partial charge in [-0.2, -0.15) is 0 Å². The van der Waals surface area contributed by atoms with Gasteiger partial charge in [0, 0.05) is 42.7 Å². The van der Waals surface area contributed by atoms with Crippen molar-refractivity contribution in [2.75, 3.05) is 37.3 Å². The summed E-state index contributed by atoms with van der Waals surface area (Å²) in [5.41, 5.74) is 0.594. The molecule has 0 bridgehead atoms. The van der Waals surface area contributed by atoms with Crippen LogP contribution in [0.1, 0.15) is 10.4 Å². The molecule has 2 heterocycles. The molecule has 2 aromatic rings. The number of anilines is 1. The molecule has 1 fully saturated rings. The van der Waals surface area contributed by atoms with Crippen molar-refractivity contribution in [3.63, 3.8) is 0 Å². The van der Waals surface area contributed by atoms with Gasteiger partial charge < -0.3 is 9.80 Å². The van der Waals surface area contributed by atoms with E-state index in [1.807, 2.05) is 34.9 Å². The first kappa shape index (κ1) is 15.6. The van der Waals surface area contributed by atoms with Crippen LogP contribution in [0.2, 0.25) is 5.02 Å². The van der Waals surface area contributed by atoms with Crippen molar-refractivity contribution in [1.29, 1.82) is 0 Å². The molecule has 1 aliphatic rings. The van der Waals surface area contributed by atoms with Crippen molar-refractivity contribution in [3.8, 4) is 0 Å². The van der Waals surface area contributed by atoms with E-state index >= 15 is 0 Å². The molecule has 1 amide bonds. The maximum absolute atomic E-state index is 12.7. The fourth-order valence-corrected chi connectivity index (χ4v) is 3.77. The molecule has 22 heavy (non-hydrogen) atoms. The highest BCUT2D eigenvalue weighted by atomic mass is 35.5. The highest BCUT2D eigenvalue weighted by Gasteiger charge is 2.24. The molecule has 0 unspecified atom stereocenters. The molecule has 1 aromatic heterocycles. The number of carbonyl (C=O) groups is 1. The maximum atomic E-state index is 12.7. The molecule has 0 N–H and O–H groups in total. The molecule has 7 heteroatoms. The van der Waals surface area contributed by atoms with Crippen LogP contribution < -0.4 is 4.90 Å². The molecule has 0 atom stereocenters. The van der Waals surface area contributed by atoms with Gasteiger partial charge in [-0.15, -0.1) is 23.1 Å². The number of rotatable bonds is 3. The lowest BCUT2D eigenvalue weighted by Crippen LogP contribution is -2.48. The standard InChI is InChI=1S/C15H16ClN3OS2/c1-21-11-2-3-13(16)12(10-11)14(20)18-5-7-19(8-6-18)15-17-4-9-22-15/h2-4,9-10H,5-8H2,1H3. The van der Waals surface area contributed by atoms with E-state index in [2.05, 4.69) is 9.88 Å². The quantitative estimate of drug-likeness (QED) is 0.791. The number of aromatic nitrogens is 1. The Hall–Kier alpha value is -1.24. The zero-order chi connectivity index (χ0) is 15.5. The number of halogens is 1. The van der Waals surface area contributed by atoms with E-state index < -0.39 is 0 Å². The van der Waals surface area contributed by atoms with Crippen LogP contribution in [-0.2, 0) is 0 Å². The summed E-state index contributed by atoms with van der Waals surface area (Å²) in [6, 6.07) is 5.61. The molecular formula is C15H16ClN3OS2. The number of nitrogens with zero attached hydrogens (tertiary/aromatic N) is 3. The van der Waals surface area contributed by atoms with E-state index in [9.17, 15) is 4.79 Å². The summed E-state index contributed by atoms with van der Waals surface area (Å²) in [5.74, 6) is 0.0136. The van der Waals surface area contributed by atoms with Gasteiger partial charge >= 0.3 is 0 Å². The van der Waals surface area contributed by atoms with Crippen LogP contribution in [0.4, 0.5) is 5.13 Å². The second-order valence-corrected chi connectivity index (χ2v) is 7.10. The summed E-state index contributed by atoms with van der Waals surface area (Å²) < 4.78 is 0. The average Bonchev–Trinajstić information content (AvgIpc) is 3.09. The lowest BCUT2D eigenvalue weighted by molar-refractivity contribution is 0.0746. The van der Waals surface area contributed by atoms with Gasteiger partial charge in [0.05, 0.1) is 10.6 Å². The van der Waals surface area contributed by atoms with Crippen molar-refractivity contribution in [1.82, 2.24) is 9.88 Å². The van der Waals surface area contributed by atoms with Crippen LogP contribution in [0.5, 0.6) is 0 Å². The summed E-state index contributed by atoms with van der Waals surface area (Å²) >= 11 is 9.44. The smallest absolute Gasteiger partial charge is 0.255 e. The first-order valence-electron chi connectivity index (χ1n) is 6.96. The van der Waals surface area contributed by atoms with Gasteiger partial charge in [-0.1, -0.05) is 11.6 Å². The summed E-state index contributed by atoms with van der Waals surface area (Å²) in [5, 5.41) is 3.51. The Labute approximate surface area is 143 Å². The fraction of sp³-hybridized carbons (Fsp3) is 0.333. The molecule has 0 spiro atoms. The highest BCUT2D eigenvalue weighted by Crippen LogP contribution is 2.25. The Balaban J connectivity index is 1.69. The second kappa shape index (κ2) is 6.89. The second-order valence-electron chi connectivity index (χ2n) is 4.94. The van der Waals surface area contributed by atoms with Gasteiger partial charge in [-0.05, 0) is 24.5 Å². The molecule has 0 aliphatic carbocycles. The Kier molecular flexibility index (Phi) is 4.90. The largest absolute Gasteiger partial charge is 0.345 e. The highest BCUT2D eigenvalue weighted by molar-refractivity contribution is 7.98. The molecule has 4 nitrogen and oxygen atoms in total. The van der Waals surface area contributed by atoms with E-state index in [1.54, 1.807) is 29.2 Å². The van der Waals surface area contributed by atoms with Gasteiger partial charge in [0.25, 0.3) is 5.91 Å². The number of thioether (sulfide) groups is 1. The minimum atomic E-state index is 0.0136. The van der Waals surface area contributed by atoms with Crippen molar-refractivity contribution in [3.05, 3.63) is 40.4 Å². The number of benzene rings is 1. The van der Waals surface area contributed by atoms with Crippen molar-refractivity contribution < 1.29 is 4.79 Å². The van der Waals surface area contributed by atoms with Gasteiger partial charge in [0.15, 0.2) is 5.13 Å². The Morgan fingerprint density at radius 2 is 2.09 bits per heavy atom. The Morgan fingerprint density at radius 3 is 2.73 bits per heavy atom. The number of hydrogen-bond donors (Lipinski definition) is 0. The SMILES string of the molecule is CSc1ccc(Cl)c(C(=O)N2CCN(c3nccs3)CC2)c1. The predicted octanol–water partition coefficient (Wildman–Crippen LogP) is 3.48. The Bertz CT molecular complexity index is 655. The van der Waals surface area contributed by atoms with Crippen LogP contribution in [0.15, 0.2) is 34.7 Å². The van der Waals surface area contributed by atoms with Crippen LogP contribution in [-0.4, -0.2) is 48.2 Å². The van der Waals surface area contributed by atoms with Crippen molar-refractivity contribution in [2.24, 2.45) is 0 Å². The lowest BCUT2D eigenvalue weighted by atomic mass is 10.2. The third-order valence-electron chi connectivity index (χ3n) is 3.66. The zero-order valence-electron chi connectivity index (χ0n) is 12.2. The first-order valence-corrected chi connectivity index (χ1v) is 9.44. The third kappa shape index (κ3) is 3.24. The number of amides is 1. The van der Waals surface area contributed by atoms with Crippen molar-refractivity contribution in [2.45, 2.75) is 4.90 Å². The van der Waals surface area contributed by atoms with Gasteiger partial charge in [-0.25, -0.2) is 4.98 Å². The minimum absolute atomic E-state index is 0.0136. The number of carbonyl (C=O) groups excluding carboxylic acids is 1. The van der Waals surface area contributed by atoms with E-state index in [0.717, 1.165) is 23.1 Å². The summed E-state index contributed by atoms with van der Waals surface area (Å²) in [7, 11) is 0. The van der Waals surface area contributed by atoms with Gasteiger partial charge in [0.2, 0.25) is 0 Å². The number of piperazine rings is 1. The minimum Gasteiger partial charge on any atom is -0.345 e. The summed E-state index contributed by atoms with van der Waals surface area (Å²) in [6.45, 7) is 2.99. The fourth-order valence-electron chi connectivity index (χ4n) is 2.44. The summed E-state index contributed by atoms with van der Waals surface area (Å²) in [6.07, 6.45) is 3.80. The van der Waals surface area contributed by atoms with Crippen LogP contribution in [0, 0.1) is 0 Å². The molecule has 1 saturated heterocycles. The van der Waals surface area contributed by atoms with E-state index in [0.29, 0.717) is 23.7 Å². The maximum Gasteiger partial charge on any atom is 0.255 e. The average molecular weight is 354 g/mol. The van der Waals surface area contributed by atoms with E-state index in [-0.39, 0.29) is 5.91 Å². The molecule has 3 rings (SSSR count). The van der Waals surface area contributed by atoms with Crippen LogP contribution in [0.25, 0.3) is 0 Å². The third-order valence-corrected chi connectivity index (χ3v) is 5.55. The molecule has 1 aromatic carbocycles. The molecule has 1 aliphatic heterocycles. The lowest BCUT2D eigenvalue weighted by Gasteiger charge is -2.34. The molecule has 0 saturated carbocycles. The van der Waals surface area contributed by atoms with E-state index in [1.165, 1.54) is 0 Å². The zero-order valence-corrected chi connectivity index (χ0v) is 14.5. The monoisotopic (exact) mass is 353 g/mol. The van der Waals surface area contributed by atoms with Crippen LogP contribution >= 0.6 is 34.7 Å². The molecule has 116 valence electrons. The number of hydrogen-bond acceptors (Lipinski definition) is 5. The first-order chi connectivity index (χ1) is 10.7. The molecular weight excluding hydrogens is 338 g/mol. The Morgan fingerprint density at radius 1 is 1.32 bits per heavy atom. The molecule has 0 radical (unpaired) electrons. The van der Waals surface area contributed by atoms with Crippen LogP contribution in [0.3, 0.4) is 0 Å². The number of thiazole rings is 1. The normalized spacial score (nSPS) is 15.2.